The molecule has 0 saturated carbocycles. The molecule has 4 N–H and O–H groups in total. The van der Waals surface area contributed by atoms with Crippen LogP contribution >= 0.6 is 0 Å². The zero-order valence-corrected chi connectivity index (χ0v) is 24.2. The number of nitrogens with zero attached hydrogens (tertiary/aromatic N) is 2. The molecule has 0 bridgehead atoms. The van der Waals surface area contributed by atoms with E-state index in [4.69, 9.17) is 10.1 Å². The number of anilines is 1. The number of unbranched alkanes of at least 4 members (excludes halogenated alkanes) is 2. The molecule has 0 heterocycles. The number of benzene rings is 2. The third kappa shape index (κ3) is 9.62. The average Bonchev–Trinajstić information content (AvgIpc) is 3.34. The van der Waals surface area contributed by atoms with Gasteiger partial charge >= 0.3 is 5.97 Å². The third-order valence-corrected chi connectivity index (χ3v) is 7.16. The Morgan fingerprint density at radius 1 is 1.22 bits per heavy atom. The molecule has 218 valence electrons. The highest BCUT2D eigenvalue weighted by Gasteiger charge is 2.25. The average molecular weight is 561 g/mol. The van der Waals surface area contributed by atoms with Crippen molar-refractivity contribution in [1.82, 2.24) is 5.32 Å². The fourth-order valence-corrected chi connectivity index (χ4v) is 4.65. The molecule has 8 heteroatoms. The maximum Gasteiger partial charge on any atom is 0.303 e. The minimum absolute atomic E-state index is 0.0823. The van der Waals surface area contributed by atoms with Crippen LogP contribution in [0.15, 0.2) is 82.4 Å². The molecule has 0 radical (unpaired) electrons. The van der Waals surface area contributed by atoms with Gasteiger partial charge in [0.2, 0.25) is 0 Å². The minimum Gasteiger partial charge on any atom is -0.481 e. The van der Waals surface area contributed by atoms with Crippen LogP contribution in [-0.4, -0.2) is 28.1 Å². The van der Waals surface area contributed by atoms with Crippen molar-refractivity contribution >= 4 is 29.3 Å². The molecule has 3 rings (SSSR count). The van der Waals surface area contributed by atoms with Crippen molar-refractivity contribution in [2.24, 2.45) is 10.1 Å². The van der Waals surface area contributed by atoms with Gasteiger partial charge in [-0.15, -0.1) is 0 Å². The van der Waals surface area contributed by atoms with Gasteiger partial charge in [0.25, 0.3) is 0 Å². The van der Waals surface area contributed by atoms with Crippen molar-refractivity contribution < 1.29 is 19.4 Å². The van der Waals surface area contributed by atoms with Crippen LogP contribution in [0, 0.1) is 5.82 Å². The molecule has 0 spiro atoms. The molecular weight excluding hydrogens is 519 g/mol. The standard InChI is InChI=1S/C33H41FN4O3/c1-5-24(6-2)12-11-22(3)23(4)36-30-18-14-26(21-31(30)38-35-19-9-7-8-10-32(39)40)33(41)37-29-17-13-25-20-27(34)15-16-28(25)29/h5,11-12,14-16,18-21,29,33,37-38,41H,3,6-10,13,17H2,1-2,4H3,(H,39,40)/b12-11-,24-5-,35-19?,36-23?. The second-order valence-electron chi connectivity index (χ2n) is 10.1. The van der Waals surface area contributed by atoms with Gasteiger partial charge < -0.3 is 10.2 Å². The number of hydrogen-bond acceptors (Lipinski definition) is 6. The minimum atomic E-state index is -0.957. The highest BCUT2D eigenvalue weighted by Crippen LogP contribution is 2.34. The van der Waals surface area contributed by atoms with E-state index in [1.165, 1.54) is 11.6 Å². The number of rotatable bonds is 15. The summed E-state index contributed by atoms with van der Waals surface area (Å²) in [6.07, 6.45) is 11.3. The highest BCUT2D eigenvalue weighted by molar-refractivity contribution is 6.02. The zero-order chi connectivity index (χ0) is 29.8. The topological polar surface area (TPSA) is 106 Å². The highest BCUT2D eigenvalue weighted by atomic mass is 19.1. The third-order valence-electron chi connectivity index (χ3n) is 7.16. The lowest BCUT2D eigenvalue weighted by molar-refractivity contribution is -0.137. The largest absolute Gasteiger partial charge is 0.481 e. The van der Waals surface area contributed by atoms with Gasteiger partial charge in [-0.05, 0) is 98.9 Å². The van der Waals surface area contributed by atoms with E-state index in [1.54, 1.807) is 24.4 Å². The number of aliphatic hydroxyl groups excluding tert-OH is 1. The Morgan fingerprint density at radius 3 is 2.76 bits per heavy atom. The van der Waals surface area contributed by atoms with E-state index < -0.39 is 12.2 Å². The first-order valence-corrected chi connectivity index (χ1v) is 14.1. The number of aliphatic carboxylic acids is 1. The van der Waals surface area contributed by atoms with E-state index in [0.29, 0.717) is 29.8 Å². The van der Waals surface area contributed by atoms with E-state index >= 15 is 0 Å². The number of aryl methyl sites for hydroxylation is 1. The Bertz CT molecular complexity index is 1350. The van der Waals surface area contributed by atoms with E-state index in [1.807, 2.05) is 38.1 Å². The molecule has 2 aromatic carbocycles. The quantitative estimate of drug-likeness (QED) is 0.0587. The van der Waals surface area contributed by atoms with Gasteiger partial charge in [0.05, 0.1) is 11.4 Å². The SMILES string of the molecule is C=C(/C=C\C(=C/C)CC)C(C)=Nc1ccc(C(O)NC2CCc3cc(F)ccc32)cc1NN=CCCCCC(=O)O. The van der Waals surface area contributed by atoms with Crippen molar-refractivity contribution in [2.75, 3.05) is 5.43 Å². The zero-order valence-electron chi connectivity index (χ0n) is 24.2. The second-order valence-corrected chi connectivity index (χ2v) is 10.1. The Balaban J connectivity index is 1.79. The van der Waals surface area contributed by atoms with Crippen LogP contribution in [0.25, 0.3) is 0 Å². The predicted molar refractivity (Wildman–Crippen MR) is 165 cm³/mol. The molecule has 0 aromatic heterocycles. The smallest absolute Gasteiger partial charge is 0.303 e. The molecule has 1 aliphatic rings. The summed E-state index contributed by atoms with van der Waals surface area (Å²) in [6.45, 7) is 10.2. The van der Waals surface area contributed by atoms with Crippen molar-refractivity contribution in [1.29, 1.82) is 0 Å². The number of fused-ring (bicyclic) bond motifs is 1. The summed E-state index contributed by atoms with van der Waals surface area (Å²) >= 11 is 0. The maximum atomic E-state index is 13.6. The van der Waals surface area contributed by atoms with E-state index in [0.717, 1.165) is 48.1 Å². The van der Waals surface area contributed by atoms with Gasteiger partial charge in [0.1, 0.15) is 12.0 Å². The first kappa shape index (κ1) is 31.6. The second kappa shape index (κ2) is 15.8. The van der Waals surface area contributed by atoms with Gasteiger partial charge in [-0.3, -0.25) is 20.5 Å². The molecule has 7 nitrogen and oxygen atoms in total. The number of nitrogens with one attached hydrogen (secondary N) is 2. The molecule has 2 aromatic rings. The van der Waals surface area contributed by atoms with Crippen LogP contribution in [-0.2, 0) is 11.2 Å². The Morgan fingerprint density at radius 2 is 2.02 bits per heavy atom. The van der Waals surface area contributed by atoms with Crippen LogP contribution in [0.1, 0.15) is 88.3 Å². The summed E-state index contributed by atoms with van der Waals surface area (Å²) in [5, 5.41) is 27.5. The number of hydrazone groups is 1. The molecule has 0 amide bonds. The molecule has 0 saturated heterocycles. The maximum absolute atomic E-state index is 13.6. The van der Waals surface area contributed by atoms with E-state index in [2.05, 4.69) is 35.4 Å². The molecular formula is C33H41FN4O3. The number of carboxylic acids is 1. The summed E-state index contributed by atoms with van der Waals surface area (Å²) in [5.74, 6) is -1.05. The van der Waals surface area contributed by atoms with Crippen molar-refractivity contribution in [2.45, 2.75) is 78.0 Å². The van der Waals surface area contributed by atoms with Crippen LogP contribution in [0.3, 0.4) is 0 Å². The lowest BCUT2D eigenvalue weighted by atomic mass is 10.1. The summed E-state index contributed by atoms with van der Waals surface area (Å²) in [5.41, 5.74) is 9.63. The molecule has 0 fully saturated rings. The van der Waals surface area contributed by atoms with Gasteiger partial charge in [-0.1, -0.05) is 49.4 Å². The number of hydrogen-bond donors (Lipinski definition) is 4. The van der Waals surface area contributed by atoms with Crippen LogP contribution in [0.5, 0.6) is 0 Å². The van der Waals surface area contributed by atoms with Crippen LogP contribution in [0.4, 0.5) is 15.8 Å². The number of aliphatic hydroxyl groups is 1. The number of allylic oxidation sites excluding steroid dienone is 5. The number of halogens is 1. The Kier molecular flexibility index (Phi) is 12.2. The van der Waals surface area contributed by atoms with Gasteiger partial charge in [-0.25, -0.2) is 4.39 Å². The van der Waals surface area contributed by atoms with Crippen LogP contribution < -0.4 is 10.7 Å². The Labute approximate surface area is 242 Å². The van der Waals surface area contributed by atoms with E-state index in [-0.39, 0.29) is 18.3 Å². The van der Waals surface area contributed by atoms with Crippen molar-refractivity contribution in [3.63, 3.8) is 0 Å². The molecule has 2 unspecified atom stereocenters. The molecule has 0 aliphatic heterocycles. The van der Waals surface area contributed by atoms with Crippen molar-refractivity contribution in [3.8, 4) is 0 Å². The van der Waals surface area contributed by atoms with E-state index in [9.17, 15) is 14.3 Å². The normalized spacial score (nSPS) is 16.4. The first-order valence-electron chi connectivity index (χ1n) is 14.1. The number of aliphatic imine (C=N–C) groups is 1. The molecule has 1 aliphatic carbocycles. The monoisotopic (exact) mass is 560 g/mol. The first-order chi connectivity index (χ1) is 19.7. The summed E-state index contributed by atoms with van der Waals surface area (Å²) in [4.78, 5) is 15.5. The predicted octanol–water partition coefficient (Wildman–Crippen LogP) is 7.70. The molecule has 2 atom stereocenters. The Hall–Kier alpha value is -3.88. The molecule has 41 heavy (non-hydrogen) atoms. The summed E-state index contributed by atoms with van der Waals surface area (Å²) < 4.78 is 13.6. The van der Waals surface area contributed by atoms with Gasteiger partial charge in [0.15, 0.2) is 0 Å². The summed E-state index contributed by atoms with van der Waals surface area (Å²) in [7, 11) is 0. The fraction of sp³-hybridized carbons (Fsp3) is 0.364. The lowest BCUT2D eigenvalue weighted by Crippen LogP contribution is -2.25. The van der Waals surface area contributed by atoms with Gasteiger partial charge in [-0.2, -0.15) is 5.10 Å². The lowest BCUT2D eigenvalue weighted by Gasteiger charge is -2.21. The van der Waals surface area contributed by atoms with Crippen molar-refractivity contribution in [3.05, 3.63) is 94.9 Å². The summed E-state index contributed by atoms with van der Waals surface area (Å²) in [6, 6.07) is 10.2. The fourth-order valence-electron chi connectivity index (χ4n) is 4.65. The number of carbonyl (C=O) groups is 1. The van der Waals surface area contributed by atoms with Gasteiger partial charge in [0, 0.05) is 24.4 Å². The number of carboxylic acid groups (broad SMARTS) is 1. The van der Waals surface area contributed by atoms with Crippen LogP contribution in [0.2, 0.25) is 0 Å².